The summed E-state index contributed by atoms with van der Waals surface area (Å²) in [4.78, 5) is 4.39. The van der Waals surface area contributed by atoms with Gasteiger partial charge in [0.1, 0.15) is 0 Å². The zero-order valence-corrected chi connectivity index (χ0v) is 8.48. The molecule has 0 saturated carbocycles. The third-order valence-electron chi connectivity index (χ3n) is 2.84. The summed E-state index contributed by atoms with van der Waals surface area (Å²) in [6.45, 7) is 3.06. The van der Waals surface area contributed by atoms with Gasteiger partial charge in [0.05, 0.1) is 5.69 Å². The van der Waals surface area contributed by atoms with E-state index in [2.05, 4.69) is 33.2 Å². The molecule has 0 atom stereocenters. The molecule has 15 heavy (non-hydrogen) atoms. The van der Waals surface area contributed by atoms with Crippen molar-refractivity contribution < 1.29 is 0 Å². The smallest absolute Gasteiger partial charge is 0.0720 e. The number of hydrogen-bond acceptors (Lipinski definition) is 2. The molecule has 3 rings (SSSR count). The van der Waals surface area contributed by atoms with Gasteiger partial charge in [0.15, 0.2) is 0 Å². The molecule has 2 aromatic rings. The number of nitrogens with zero attached hydrogens (tertiary/aromatic N) is 2. The maximum Gasteiger partial charge on any atom is 0.0720 e. The second-order valence-corrected chi connectivity index (χ2v) is 3.76. The lowest BCUT2D eigenvalue weighted by Crippen LogP contribution is -2.27. The minimum absolute atomic E-state index is 0.943. The highest BCUT2D eigenvalue weighted by Crippen LogP contribution is 2.23. The molecule has 3 heterocycles. The summed E-state index contributed by atoms with van der Waals surface area (Å²) in [7, 11) is 0. The molecule has 0 spiro atoms. The van der Waals surface area contributed by atoms with Gasteiger partial charge in [0.25, 0.3) is 0 Å². The van der Waals surface area contributed by atoms with Crippen LogP contribution in [0.15, 0.2) is 36.7 Å². The van der Waals surface area contributed by atoms with Crippen LogP contribution in [0, 0.1) is 0 Å². The standard InChI is InChI=1S/C12H13N3/c1-2-5-14-11(3-1)10-4-7-15-8-6-13-9-12(10)15/h1-5,7,13H,6,8-9H2. The van der Waals surface area contributed by atoms with E-state index in [0.29, 0.717) is 0 Å². The fourth-order valence-corrected chi connectivity index (χ4v) is 2.07. The molecule has 76 valence electrons. The van der Waals surface area contributed by atoms with Crippen molar-refractivity contribution in [1.82, 2.24) is 14.9 Å². The first-order chi connectivity index (χ1) is 7.45. The molecular formula is C12H13N3. The molecule has 1 aliphatic heterocycles. The Balaban J connectivity index is 2.09. The van der Waals surface area contributed by atoms with Crippen molar-refractivity contribution in [2.75, 3.05) is 6.54 Å². The lowest BCUT2D eigenvalue weighted by molar-refractivity contribution is 0.517. The molecule has 1 aliphatic rings. The average Bonchev–Trinajstić information content (AvgIpc) is 2.74. The molecule has 0 aliphatic carbocycles. The van der Waals surface area contributed by atoms with Crippen LogP contribution in [0.5, 0.6) is 0 Å². The van der Waals surface area contributed by atoms with Crippen molar-refractivity contribution in [3.8, 4) is 11.3 Å². The first-order valence-corrected chi connectivity index (χ1v) is 5.25. The van der Waals surface area contributed by atoms with Crippen LogP contribution in [0.2, 0.25) is 0 Å². The van der Waals surface area contributed by atoms with E-state index in [4.69, 9.17) is 0 Å². The van der Waals surface area contributed by atoms with E-state index >= 15 is 0 Å². The Morgan fingerprint density at radius 2 is 2.27 bits per heavy atom. The Labute approximate surface area is 88.8 Å². The fourth-order valence-electron chi connectivity index (χ4n) is 2.07. The van der Waals surface area contributed by atoms with Crippen LogP contribution in [-0.2, 0) is 13.1 Å². The summed E-state index contributed by atoms with van der Waals surface area (Å²) < 4.78 is 2.31. The lowest BCUT2D eigenvalue weighted by Gasteiger charge is -2.17. The first kappa shape index (κ1) is 8.68. The number of nitrogens with one attached hydrogen (secondary N) is 1. The monoisotopic (exact) mass is 199 g/mol. The molecule has 0 unspecified atom stereocenters. The van der Waals surface area contributed by atoms with E-state index < -0.39 is 0 Å². The summed E-state index contributed by atoms with van der Waals surface area (Å²) in [5, 5.41) is 3.39. The van der Waals surface area contributed by atoms with Gasteiger partial charge in [0, 0.05) is 43.3 Å². The van der Waals surface area contributed by atoms with E-state index in [1.807, 2.05) is 18.3 Å². The van der Waals surface area contributed by atoms with Crippen LogP contribution < -0.4 is 5.32 Å². The maximum atomic E-state index is 4.39. The molecule has 2 aromatic heterocycles. The van der Waals surface area contributed by atoms with E-state index in [1.54, 1.807) is 0 Å². The van der Waals surface area contributed by atoms with Crippen LogP contribution in [0.4, 0.5) is 0 Å². The van der Waals surface area contributed by atoms with E-state index in [9.17, 15) is 0 Å². The summed E-state index contributed by atoms with van der Waals surface area (Å²) in [6.07, 6.45) is 4.00. The third-order valence-corrected chi connectivity index (χ3v) is 2.84. The minimum Gasteiger partial charge on any atom is -0.348 e. The van der Waals surface area contributed by atoms with Gasteiger partial charge in [-0.2, -0.15) is 0 Å². The number of fused-ring (bicyclic) bond motifs is 1. The highest BCUT2D eigenvalue weighted by molar-refractivity contribution is 5.62. The first-order valence-electron chi connectivity index (χ1n) is 5.25. The molecule has 0 radical (unpaired) electrons. The number of hydrogen-bond donors (Lipinski definition) is 1. The zero-order chi connectivity index (χ0) is 10.1. The molecule has 3 heteroatoms. The molecule has 1 N–H and O–H groups in total. The highest BCUT2D eigenvalue weighted by atomic mass is 15.1. The topological polar surface area (TPSA) is 29.9 Å². The van der Waals surface area contributed by atoms with Crippen LogP contribution in [0.1, 0.15) is 5.69 Å². The Kier molecular flexibility index (Phi) is 2.03. The predicted octanol–water partition coefficient (Wildman–Crippen LogP) is 1.65. The lowest BCUT2D eigenvalue weighted by atomic mass is 10.1. The van der Waals surface area contributed by atoms with Crippen molar-refractivity contribution in [2.45, 2.75) is 13.1 Å². The quantitative estimate of drug-likeness (QED) is 0.757. The number of rotatable bonds is 1. The molecule has 0 saturated heterocycles. The van der Waals surface area contributed by atoms with E-state index in [-0.39, 0.29) is 0 Å². The van der Waals surface area contributed by atoms with Crippen LogP contribution in [-0.4, -0.2) is 16.1 Å². The number of aromatic nitrogens is 2. The van der Waals surface area contributed by atoms with Crippen molar-refractivity contribution in [3.05, 3.63) is 42.4 Å². The molecule has 0 bridgehead atoms. The fraction of sp³-hybridized carbons (Fsp3) is 0.250. The molecule has 0 fully saturated rings. The summed E-state index contributed by atoms with van der Waals surface area (Å²) in [5.74, 6) is 0. The average molecular weight is 199 g/mol. The van der Waals surface area contributed by atoms with Gasteiger partial charge in [-0.25, -0.2) is 0 Å². The van der Waals surface area contributed by atoms with E-state index in [0.717, 1.165) is 25.3 Å². The molecule has 3 nitrogen and oxygen atoms in total. The van der Waals surface area contributed by atoms with Crippen LogP contribution in [0.3, 0.4) is 0 Å². The van der Waals surface area contributed by atoms with Crippen molar-refractivity contribution in [3.63, 3.8) is 0 Å². The van der Waals surface area contributed by atoms with Crippen LogP contribution in [0.25, 0.3) is 11.3 Å². The van der Waals surface area contributed by atoms with E-state index in [1.165, 1.54) is 11.3 Å². The largest absolute Gasteiger partial charge is 0.348 e. The third kappa shape index (κ3) is 1.45. The predicted molar refractivity (Wildman–Crippen MR) is 59.4 cm³/mol. The summed E-state index contributed by atoms with van der Waals surface area (Å²) in [5.41, 5.74) is 3.66. The van der Waals surface area contributed by atoms with Crippen molar-refractivity contribution in [1.29, 1.82) is 0 Å². The summed E-state index contributed by atoms with van der Waals surface area (Å²) >= 11 is 0. The normalized spacial score (nSPS) is 14.9. The van der Waals surface area contributed by atoms with Gasteiger partial charge >= 0.3 is 0 Å². The highest BCUT2D eigenvalue weighted by Gasteiger charge is 2.13. The van der Waals surface area contributed by atoms with Crippen molar-refractivity contribution in [2.24, 2.45) is 0 Å². The summed E-state index contributed by atoms with van der Waals surface area (Å²) in [6, 6.07) is 8.20. The zero-order valence-electron chi connectivity index (χ0n) is 8.48. The minimum atomic E-state index is 0.943. The SMILES string of the molecule is c1ccc(-c2ccn3c2CNCC3)nc1. The van der Waals surface area contributed by atoms with Gasteiger partial charge in [0.2, 0.25) is 0 Å². The molecule has 0 amide bonds. The Hall–Kier alpha value is -1.61. The second-order valence-electron chi connectivity index (χ2n) is 3.76. The Bertz CT molecular complexity index is 459. The van der Waals surface area contributed by atoms with Crippen LogP contribution >= 0.6 is 0 Å². The Morgan fingerprint density at radius 3 is 3.13 bits per heavy atom. The second kappa shape index (κ2) is 3.51. The van der Waals surface area contributed by atoms with Gasteiger partial charge in [-0.1, -0.05) is 6.07 Å². The van der Waals surface area contributed by atoms with Gasteiger partial charge in [-0.15, -0.1) is 0 Å². The van der Waals surface area contributed by atoms with Gasteiger partial charge in [-0.3, -0.25) is 4.98 Å². The maximum absolute atomic E-state index is 4.39. The number of pyridine rings is 1. The molecular weight excluding hydrogens is 186 g/mol. The van der Waals surface area contributed by atoms with Gasteiger partial charge < -0.3 is 9.88 Å². The van der Waals surface area contributed by atoms with Gasteiger partial charge in [-0.05, 0) is 18.2 Å². The molecule has 0 aromatic carbocycles. The Morgan fingerprint density at radius 1 is 1.27 bits per heavy atom. The van der Waals surface area contributed by atoms with Crippen molar-refractivity contribution >= 4 is 0 Å².